The fourth-order valence-electron chi connectivity index (χ4n) is 1.01. The highest BCUT2D eigenvalue weighted by atomic mass is 19.4. The Morgan fingerprint density at radius 3 is 2.29 bits per heavy atom. The van der Waals surface area contributed by atoms with Crippen LogP contribution in [0.4, 0.5) is 22.0 Å². The number of nitrogens with zero attached hydrogens (tertiary/aromatic N) is 1. The number of hydrogen-bond acceptors (Lipinski definition) is 2. The summed E-state index contributed by atoms with van der Waals surface area (Å²) >= 11 is 0. The van der Waals surface area contributed by atoms with E-state index in [1.807, 2.05) is 0 Å². The van der Waals surface area contributed by atoms with Gasteiger partial charge in [0.2, 0.25) is 0 Å². The van der Waals surface area contributed by atoms with Gasteiger partial charge in [0, 0.05) is 11.8 Å². The van der Waals surface area contributed by atoms with Crippen LogP contribution in [-0.4, -0.2) is 23.5 Å². The van der Waals surface area contributed by atoms with Crippen LogP contribution < -0.4 is 0 Å². The lowest BCUT2D eigenvalue weighted by Crippen LogP contribution is -2.34. The van der Waals surface area contributed by atoms with Crippen LogP contribution in [0.2, 0.25) is 0 Å². The van der Waals surface area contributed by atoms with E-state index >= 15 is 0 Å². The minimum absolute atomic E-state index is 0.200. The zero-order chi connectivity index (χ0) is 13.3. The van der Waals surface area contributed by atoms with Gasteiger partial charge in [0.15, 0.2) is 0 Å². The maximum atomic E-state index is 12.4. The molecule has 1 rings (SSSR count). The van der Waals surface area contributed by atoms with Crippen molar-refractivity contribution < 1.29 is 27.1 Å². The fraction of sp³-hybridized carbons (Fsp3) is 0.300. The molecular weight excluding hydrogens is 245 g/mol. The third-order valence-corrected chi connectivity index (χ3v) is 1.98. The van der Waals surface area contributed by atoms with Gasteiger partial charge in [-0.05, 0) is 18.6 Å². The van der Waals surface area contributed by atoms with E-state index in [1.165, 1.54) is 25.1 Å². The Balaban J connectivity index is 3.03. The number of hydrogen-bond donors (Lipinski definition) is 1. The van der Waals surface area contributed by atoms with Crippen molar-refractivity contribution >= 4 is 6.21 Å². The first-order valence-corrected chi connectivity index (χ1v) is 4.43. The molecule has 0 fully saturated rings. The first-order chi connectivity index (χ1) is 7.65. The zero-order valence-electron chi connectivity index (χ0n) is 8.59. The topological polar surface area (TPSA) is 32.6 Å². The van der Waals surface area contributed by atoms with Crippen molar-refractivity contribution in [3.63, 3.8) is 0 Å². The van der Waals surface area contributed by atoms with Crippen LogP contribution in [-0.2, 0) is 0 Å². The summed E-state index contributed by atoms with van der Waals surface area (Å²) in [6.07, 6.45) is -5.45. The number of halogens is 5. The number of phenols is 1. The Labute approximate surface area is 93.4 Å². The largest absolute Gasteiger partial charge is 0.507 e. The highest BCUT2D eigenvalue weighted by molar-refractivity contribution is 5.84. The van der Waals surface area contributed by atoms with Crippen molar-refractivity contribution in [2.24, 2.45) is 4.99 Å². The van der Waals surface area contributed by atoms with Crippen LogP contribution in [0.1, 0.15) is 11.1 Å². The maximum absolute atomic E-state index is 12.4. The molecule has 7 heteroatoms. The SMILES string of the molecule is Cc1cccc(C=NC(F)(F)C(F)(F)F)c1O. The molecule has 1 aromatic rings. The summed E-state index contributed by atoms with van der Waals surface area (Å²) < 4.78 is 60.3. The lowest BCUT2D eigenvalue weighted by Gasteiger charge is -2.14. The molecule has 17 heavy (non-hydrogen) atoms. The molecule has 0 atom stereocenters. The number of para-hydroxylation sites is 1. The summed E-state index contributed by atoms with van der Waals surface area (Å²) in [6, 6.07) is -1.10. The monoisotopic (exact) mass is 253 g/mol. The lowest BCUT2D eigenvalue weighted by molar-refractivity contribution is -0.277. The number of aliphatic imine (C=N–C) groups is 1. The molecule has 0 unspecified atom stereocenters. The van der Waals surface area contributed by atoms with Crippen LogP contribution in [0.15, 0.2) is 23.2 Å². The Hall–Kier alpha value is -1.66. The van der Waals surface area contributed by atoms with Gasteiger partial charge in [-0.3, -0.25) is 0 Å². The molecule has 1 N–H and O–H groups in total. The van der Waals surface area contributed by atoms with Gasteiger partial charge in [0.25, 0.3) is 0 Å². The van der Waals surface area contributed by atoms with Gasteiger partial charge in [-0.25, -0.2) is 4.99 Å². The van der Waals surface area contributed by atoms with Crippen molar-refractivity contribution in [1.29, 1.82) is 0 Å². The average Bonchev–Trinajstić information content (AvgIpc) is 2.18. The standard InChI is InChI=1S/C10H8F5NO/c1-6-3-2-4-7(8(6)17)5-16-10(14,15)9(11,12)13/h2-5,17H,1H3. The number of rotatable bonds is 2. The highest BCUT2D eigenvalue weighted by Gasteiger charge is 2.57. The van der Waals surface area contributed by atoms with Crippen molar-refractivity contribution in [3.05, 3.63) is 29.3 Å². The number of aryl methyl sites for hydroxylation is 1. The van der Waals surface area contributed by atoms with E-state index in [-0.39, 0.29) is 11.3 Å². The van der Waals surface area contributed by atoms with Crippen molar-refractivity contribution in [2.45, 2.75) is 19.1 Å². The Morgan fingerprint density at radius 2 is 1.76 bits per heavy atom. The van der Waals surface area contributed by atoms with Crippen LogP contribution in [0.5, 0.6) is 5.75 Å². The molecule has 0 saturated carbocycles. The highest BCUT2D eigenvalue weighted by Crippen LogP contribution is 2.36. The first-order valence-electron chi connectivity index (χ1n) is 4.43. The lowest BCUT2D eigenvalue weighted by atomic mass is 10.1. The molecular formula is C10H8F5NO. The van der Waals surface area contributed by atoms with Gasteiger partial charge < -0.3 is 5.11 Å². The average molecular weight is 253 g/mol. The van der Waals surface area contributed by atoms with E-state index in [0.29, 0.717) is 11.8 Å². The van der Waals surface area contributed by atoms with Gasteiger partial charge in [-0.15, -0.1) is 0 Å². The molecule has 0 saturated heterocycles. The minimum atomic E-state index is -5.75. The molecule has 0 aliphatic carbocycles. The maximum Gasteiger partial charge on any atom is 0.477 e. The molecule has 0 aliphatic rings. The quantitative estimate of drug-likeness (QED) is 0.489. The molecule has 0 aromatic heterocycles. The molecule has 0 heterocycles. The van der Waals surface area contributed by atoms with Gasteiger partial charge in [-0.2, -0.15) is 22.0 Å². The molecule has 0 aliphatic heterocycles. The summed E-state index contributed by atoms with van der Waals surface area (Å²) in [5.74, 6) is -0.380. The molecule has 1 aromatic carbocycles. The predicted molar refractivity (Wildman–Crippen MR) is 51.4 cm³/mol. The second-order valence-electron chi connectivity index (χ2n) is 3.31. The smallest absolute Gasteiger partial charge is 0.477 e. The van der Waals surface area contributed by atoms with Crippen molar-refractivity contribution in [3.8, 4) is 5.75 Å². The number of alkyl halides is 5. The molecule has 2 nitrogen and oxygen atoms in total. The molecule has 0 amide bonds. The van der Waals surface area contributed by atoms with Crippen molar-refractivity contribution in [1.82, 2.24) is 0 Å². The van der Waals surface area contributed by atoms with Gasteiger partial charge in [-0.1, -0.05) is 12.1 Å². The summed E-state index contributed by atoms with van der Waals surface area (Å²) in [6.45, 7) is 1.48. The first kappa shape index (κ1) is 13.4. The molecule has 0 bridgehead atoms. The van der Waals surface area contributed by atoms with Crippen LogP contribution in [0.25, 0.3) is 0 Å². The Bertz CT molecular complexity index is 439. The van der Waals surface area contributed by atoms with Gasteiger partial charge >= 0.3 is 12.2 Å². The number of aromatic hydroxyl groups is 1. The molecule has 94 valence electrons. The summed E-state index contributed by atoms with van der Waals surface area (Å²) in [7, 11) is 0. The number of benzene rings is 1. The van der Waals surface area contributed by atoms with E-state index in [0.717, 1.165) is 0 Å². The third kappa shape index (κ3) is 2.92. The van der Waals surface area contributed by atoms with E-state index in [1.54, 1.807) is 0 Å². The predicted octanol–water partition coefficient (Wildman–Crippen LogP) is 3.27. The van der Waals surface area contributed by atoms with Crippen molar-refractivity contribution in [2.75, 3.05) is 0 Å². The minimum Gasteiger partial charge on any atom is -0.507 e. The third-order valence-electron chi connectivity index (χ3n) is 1.98. The Morgan fingerprint density at radius 1 is 1.18 bits per heavy atom. The van der Waals surface area contributed by atoms with Crippen LogP contribution in [0, 0.1) is 6.92 Å². The van der Waals surface area contributed by atoms with Crippen LogP contribution in [0.3, 0.4) is 0 Å². The number of phenolic OH excluding ortho intramolecular Hbond substituents is 1. The molecule has 0 radical (unpaired) electrons. The van der Waals surface area contributed by atoms with E-state index in [4.69, 9.17) is 0 Å². The van der Waals surface area contributed by atoms with Gasteiger partial charge in [0.05, 0.1) is 0 Å². The molecule has 0 spiro atoms. The van der Waals surface area contributed by atoms with Crippen LogP contribution >= 0.6 is 0 Å². The zero-order valence-corrected chi connectivity index (χ0v) is 8.59. The van der Waals surface area contributed by atoms with Gasteiger partial charge in [0.1, 0.15) is 5.75 Å². The summed E-state index contributed by atoms with van der Waals surface area (Å²) in [4.78, 5) is 2.16. The normalized spacial score (nSPS) is 13.3. The second-order valence-corrected chi connectivity index (χ2v) is 3.31. The Kier molecular flexibility index (Phi) is 3.40. The second kappa shape index (κ2) is 4.31. The van der Waals surface area contributed by atoms with E-state index in [2.05, 4.69) is 4.99 Å². The summed E-state index contributed by atoms with van der Waals surface area (Å²) in [5, 5.41) is 9.38. The summed E-state index contributed by atoms with van der Waals surface area (Å²) in [5.41, 5.74) is 0.151. The van der Waals surface area contributed by atoms with E-state index in [9.17, 15) is 27.1 Å². The van der Waals surface area contributed by atoms with E-state index < -0.39 is 12.2 Å². The fourth-order valence-corrected chi connectivity index (χ4v) is 1.01.